The van der Waals surface area contributed by atoms with Crippen LogP contribution in [0.25, 0.3) is 5.57 Å². The van der Waals surface area contributed by atoms with Crippen LogP contribution in [0.2, 0.25) is 0 Å². The van der Waals surface area contributed by atoms with Crippen LogP contribution in [0.3, 0.4) is 0 Å². The molecule has 5 aliphatic heterocycles. The van der Waals surface area contributed by atoms with Crippen LogP contribution in [0.4, 0.5) is 5.69 Å². The summed E-state index contributed by atoms with van der Waals surface area (Å²) in [6.45, 7) is 66.9. The van der Waals surface area contributed by atoms with E-state index in [0.29, 0.717) is 5.56 Å². The van der Waals surface area contributed by atoms with Gasteiger partial charge in [-0.05, 0) is 92.2 Å². The number of nitrogens with zero attached hydrogens (tertiary/aromatic N) is 2. The normalized spacial score (nSPS) is 24.4. The van der Waals surface area contributed by atoms with Crippen molar-refractivity contribution in [3.8, 4) is 11.5 Å². The largest absolute Gasteiger partial charge is 0.478 e. The molecule has 3 aromatic rings. The number of rotatable bonds is 3. The number of hydrogen-bond donors (Lipinski definition) is 1. The molecule has 0 unspecified atom stereocenters. The summed E-state index contributed by atoms with van der Waals surface area (Å²) in [5, 5.41) is 13.6. The van der Waals surface area contributed by atoms with Crippen molar-refractivity contribution >= 4 is 23.2 Å². The number of carboxylic acids is 1. The highest BCUT2D eigenvalue weighted by atomic mass is 16.5. The molecule has 0 saturated carbocycles. The van der Waals surface area contributed by atoms with E-state index < -0.39 is 22.8 Å². The predicted molar refractivity (Wildman–Crippen MR) is 293 cm³/mol. The monoisotopic (exact) mass is 959 g/mol. The van der Waals surface area contributed by atoms with Gasteiger partial charge in [0.15, 0.2) is 11.1 Å². The van der Waals surface area contributed by atoms with Crippen molar-refractivity contribution in [2.45, 2.75) is 238 Å². The number of aromatic carboxylic acids is 1. The molecule has 386 valence electrons. The first-order valence-electron chi connectivity index (χ1n) is 26.0. The first-order valence-corrected chi connectivity index (χ1v) is 26.0. The number of ether oxygens (including phenoxy) is 2. The third kappa shape index (κ3) is 5.68. The van der Waals surface area contributed by atoms with E-state index in [-0.39, 0.29) is 73.2 Å². The van der Waals surface area contributed by atoms with Gasteiger partial charge >= 0.3 is 11.9 Å². The van der Waals surface area contributed by atoms with Gasteiger partial charge in [0.1, 0.15) is 11.5 Å². The molecule has 8 rings (SSSR count). The first kappa shape index (κ1) is 55.2. The lowest BCUT2D eigenvalue weighted by atomic mass is 9.45. The number of esters is 1. The minimum Gasteiger partial charge on any atom is -0.478 e. The fraction of sp³-hybridized carbons (Fsp3) is 0.651. The molecule has 0 atom stereocenters. The van der Waals surface area contributed by atoms with Crippen molar-refractivity contribution in [2.24, 2.45) is 21.7 Å². The second-order valence-electron chi connectivity index (χ2n) is 27.8. The van der Waals surface area contributed by atoms with E-state index in [2.05, 4.69) is 189 Å². The topological polar surface area (TPSA) is 79.1 Å². The van der Waals surface area contributed by atoms with E-state index in [4.69, 9.17) is 9.47 Å². The van der Waals surface area contributed by atoms with E-state index in [1.54, 1.807) is 6.07 Å². The highest BCUT2D eigenvalue weighted by Crippen LogP contribution is 2.72. The van der Waals surface area contributed by atoms with Gasteiger partial charge in [0, 0.05) is 99.0 Å². The molecule has 0 bridgehead atoms. The van der Waals surface area contributed by atoms with Gasteiger partial charge in [0.25, 0.3) is 0 Å². The average Bonchev–Trinajstić information content (AvgIpc) is 3.20. The first-order chi connectivity index (χ1) is 30.9. The Morgan fingerprint density at radius 3 is 1.46 bits per heavy atom. The Morgan fingerprint density at radius 2 is 1.01 bits per heavy atom. The van der Waals surface area contributed by atoms with Crippen LogP contribution in [0, 0.1) is 42.9 Å². The van der Waals surface area contributed by atoms with Gasteiger partial charge in [-0.1, -0.05) is 131 Å². The van der Waals surface area contributed by atoms with Crippen molar-refractivity contribution in [1.82, 2.24) is 4.58 Å². The Labute approximate surface area is 424 Å². The number of carboxylic acid groups (broad SMARTS) is 1. The summed E-state index contributed by atoms with van der Waals surface area (Å²) in [6.07, 6.45) is 0. The minimum absolute atomic E-state index is 0. The summed E-state index contributed by atoms with van der Waals surface area (Å²) in [6, 6.07) is 5.12. The van der Waals surface area contributed by atoms with E-state index in [0.717, 1.165) is 39.0 Å². The maximum absolute atomic E-state index is 14.0. The van der Waals surface area contributed by atoms with Crippen molar-refractivity contribution in [3.05, 3.63) is 91.8 Å². The molecule has 0 radical (unpaired) electrons. The fourth-order valence-corrected chi connectivity index (χ4v) is 15.2. The van der Waals surface area contributed by atoms with Gasteiger partial charge in [-0.25, -0.2) is 14.2 Å². The zero-order chi connectivity index (χ0) is 53.1. The van der Waals surface area contributed by atoms with Gasteiger partial charge < -0.3 is 26.9 Å². The van der Waals surface area contributed by atoms with Gasteiger partial charge in [0.05, 0.1) is 23.8 Å². The van der Waals surface area contributed by atoms with Gasteiger partial charge in [-0.3, -0.25) is 0 Å². The predicted octanol–water partition coefficient (Wildman–Crippen LogP) is 14.3. The molecule has 0 saturated heterocycles. The number of fused-ring (bicyclic) bond motifs is 4. The van der Waals surface area contributed by atoms with Crippen LogP contribution >= 0.6 is 0 Å². The van der Waals surface area contributed by atoms with Gasteiger partial charge in [-0.15, -0.1) is 0 Å². The summed E-state index contributed by atoms with van der Waals surface area (Å²) in [5.74, 6) is -0.0563. The van der Waals surface area contributed by atoms with Crippen molar-refractivity contribution < 1.29 is 24.2 Å². The molecule has 7 heteroatoms. The summed E-state index contributed by atoms with van der Waals surface area (Å²) in [4.78, 5) is 30.0. The highest BCUT2D eigenvalue weighted by molar-refractivity contribution is 6.03. The van der Waals surface area contributed by atoms with Crippen LogP contribution in [-0.4, -0.2) is 46.3 Å². The zero-order valence-corrected chi connectivity index (χ0v) is 49.7. The third-order valence-corrected chi connectivity index (χ3v) is 23.6. The Morgan fingerprint density at radius 1 is 0.586 bits per heavy atom. The SMILES string of the molecule is CC.COC(=O)c1ccc(C2=c3c(C)c4c5c(c3Oc3c2c(C)c2c6c3C(C)(C)C(C)(C)C(C)(C)N6C(C)(C)C(C)(C)C2(C)C)C(C)(C)C(C)(C)C(C)(C)[N+]=5C(C)(C)C(C)(C)C4(C)C)c(C(=O)O)c1.[CH3-]. The van der Waals surface area contributed by atoms with Crippen LogP contribution in [0.5, 0.6) is 11.5 Å². The minimum atomic E-state index is -1.10. The summed E-state index contributed by atoms with van der Waals surface area (Å²) >= 11 is 0. The summed E-state index contributed by atoms with van der Waals surface area (Å²) in [5.41, 5.74) is 7.03. The lowest BCUT2D eigenvalue weighted by molar-refractivity contribution is -0.0629. The molecular weight excluding hydrogens is 865 g/mol. The molecular formula is C63H94N2O5. The third-order valence-electron chi connectivity index (χ3n) is 23.6. The highest BCUT2D eigenvalue weighted by Gasteiger charge is 2.72. The number of carbonyl (C=O) groups excluding carboxylic acids is 1. The summed E-state index contributed by atoms with van der Waals surface area (Å²) in [7, 11) is 1.34. The molecule has 70 heavy (non-hydrogen) atoms. The average molecular weight is 959 g/mol. The Balaban J connectivity index is 0.00000264. The van der Waals surface area contributed by atoms with Crippen molar-refractivity contribution in [1.29, 1.82) is 0 Å². The molecule has 0 spiro atoms. The van der Waals surface area contributed by atoms with Gasteiger partial charge in [0.2, 0.25) is 5.36 Å². The Bertz CT molecular complexity index is 2920. The maximum atomic E-state index is 14.0. The zero-order valence-electron chi connectivity index (χ0n) is 49.7. The molecule has 0 aliphatic carbocycles. The molecule has 7 nitrogen and oxygen atoms in total. The van der Waals surface area contributed by atoms with E-state index in [1.807, 2.05) is 19.9 Å². The molecule has 3 aromatic carbocycles. The molecule has 1 N–H and O–H groups in total. The number of carbonyl (C=O) groups is 2. The lowest BCUT2D eigenvalue weighted by Gasteiger charge is -2.73. The molecule has 5 heterocycles. The molecule has 0 fully saturated rings. The second kappa shape index (κ2) is 15.0. The molecule has 5 aliphatic rings. The fourth-order valence-electron chi connectivity index (χ4n) is 15.2. The quantitative estimate of drug-likeness (QED) is 0.125. The lowest BCUT2D eigenvalue weighted by Crippen LogP contribution is -2.79. The second-order valence-corrected chi connectivity index (χ2v) is 27.8. The summed E-state index contributed by atoms with van der Waals surface area (Å²) < 4.78 is 16.2. The van der Waals surface area contributed by atoms with Crippen LogP contribution in [0.15, 0.2) is 18.2 Å². The molecule has 0 aromatic heterocycles. The van der Waals surface area contributed by atoms with Crippen LogP contribution in [-0.2, 0) is 26.4 Å². The van der Waals surface area contributed by atoms with Crippen molar-refractivity contribution in [3.63, 3.8) is 0 Å². The molecule has 0 amide bonds. The number of hydrogen-bond acceptors (Lipinski definition) is 5. The number of benzene rings is 3. The van der Waals surface area contributed by atoms with Crippen molar-refractivity contribution in [2.75, 3.05) is 12.0 Å². The Hall–Kier alpha value is -4.13. The van der Waals surface area contributed by atoms with Crippen LogP contribution in [0.1, 0.15) is 245 Å². The van der Waals surface area contributed by atoms with E-state index >= 15 is 0 Å². The smallest absolute Gasteiger partial charge is 0.337 e. The van der Waals surface area contributed by atoms with E-state index in [1.165, 1.54) is 46.5 Å². The van der Waals surface area contributed by atoms with Crippen LogP contribution < -0.4 is 24.8 Å². The Kier molecular flexibility index (Phi) is 11.8. The van der Waals surface area contributed by atoms with E-state index in [9.17, 15) is 14.7 Å². The number of methoxy groups -OCH3 is 1. The number of anilines is 1. The van der Waals surface area contributed by atoms with Gasteiger partial charge in [-0.2, -0.15) is 0 Å². The standard InChI is InChI=1S/C60H84N2O5.C2H6.CH3/c1-31-36-38(34-29-28-33(48(65)66-27)30-35(34)47(63)64)37-32(2)40-44-42(52(9,10)56(17,18)60(25,26)62(44)58(21,22)54(13,14)50(40,5)6)46(37)67-45(36)41-43-39(31)49(3,4)53(11,12)57(19,20)61(43)59(23,24)55(15,16)51(41,7)8;1-2;/h28-30H,1-27H3;1-2H3;1H3/q;;-1/p+1. The maximum Gasteiger partial charge on any atom is 0.337 e.